The first-order valence-corrected chi connectivity index (χ1v) is 12.0. The highest BCUT2D eigenvalue weighted by Crippen LogP contribution is 2.16. The summed E-state index contributed by atoms with van der Waals surface area (Å²) in [5.41, 5.74) is 0.360. The standard InChI is InChI=1S/C15H23BrN4O2Si/c1-19-10-12(16)9-13(14(19)21)18-15-17-5-6-20(15)11-22-7-8-23(2,3)4/h5-6,9-10H,7-8,11H2,1-4H3,(H,17,18). The molecule has 2 aromatic heterocycles. The van der Waals surface area contributed by atoms with Crippen molar-refractivity contribution in [3.63, 3.8) is 0 Å². The molecule has 0 amide bonds. The van der Waals surface area contributed by atoms with Gasteiger partial charge in [-0.1, -0.05) is 19.6 Å². The Labute approximate surface area is 145 Å². The third kappa shape index (κ3) is 5.33. The Balaban J connectivity index is 2.03. The van der Waals surface area contributed by atoms with Crippen molar-refractivity contribution in [2.24, 2.45) is 7.05 Å². The molecule has 0 aromatic carbocycles. The quantitative estimate of drug-likeness (QED) is 0.573. The summed E-state index contributed by atoms with van der Waals surface area (Å²) in [4.78, 5) is 16.4. The van der Waals surface area contributed by atoms with Crippen LogP contribution in [-0.4, -0.2) is 28.8 Å². The second-order valence-corrected chi connectivity index (χ2v) is 13.2. The lowest BCUT2D eigenvalue weighted by Crippen LogP contribution is -2.22. The van der Waals surface area contributed by atoms with E-state index in [1.165, 1.54) is 4.57 Å². The third-order valence-corrected chi connectivity index (χ3v) is 5.48. The van der Waals surface area contributed by atoms with E-state index in [0.29, 0.717) is 18.4 Å². The molecule has 8 heteroatoms. The topological polar surface area (TPSA) is 61.1 Å². The van der Waals surface area contributed by atoms with Gasteiger partial charge in [-0.2, -0.15) is 0 Å². The van der Waals surface area contributed by atoms with Crippen LogP contribution < -0.4 is 10.9 Å². The molecule has 0 spiro atoms. The second kappa shape index (κ2) is 7.46. The summed E-state index contributed by atoms with van der Waals surface area (Å²) < 4.78 is 9.93. The molecule has 1 N–H and O–H groups in total. The molecular formula is C15H23BrN4O2Si. The Morgan fingerprint density at radius 1 is 1.39 bits per heavy atom. The lowest BCUT2D eigenvalue weighted by Gasteiger charge is -2.16. The van der Waals surface area contributed by atoms with Crippen molar-refractivity contribution in [1.82, 2.24) is 14.1 Å². The lowest BCUT2D eigenvalue weighted by molar-refractivity contribution is 0.0886. The Morgan fingerprint density at radius 2 is 2.13 bits per heavy atom. The molecule has 0 saturated carbocycles. The summed E-state index contributed by atoms with van der Waals surface area (Å²) in [5.74, 6) is 0.591. The number of halogens is 1. The number of nitrogens with zero attached hydrogens (tertiary/aromatic N) is 3. The number of ether oxygens (including phenoxy) is 1. The molecule has 2 rings (SSSR count). The van der Waals surface area contributed by atoms with Crippen LogP contribution >= 0.6 is 15.9 Å². The molecule has 126 valence electrons. The Hall–Kier alpha value is -1.38. The molecule has 2 aromatic rings. The molecule has 2 heterocycles. The van der Waals surface area contributed by atoms with E-state index in [4.69, 9.17) is 4.74 Å². The van der Waals surface area contributed by atoms with Gasteiger partial charge in [0.15, 0.2) is 0 Å². The van der Waals surface area contributed by atoms with Gasteiger partial charge in [0.1, 0.15) is 12.4 Å². The zero-order valence-electron chi connectivity index (χ0n) is 14.0. The van der Waals surface area contributed by atoms with Gasteiger partial charge in [-0.05, 0) is 28.0 Å². The minimum atomic E-state index is -1.09. The zero-order valence-corrected chi connectivity index (χ0v) is 16.6. The molecule has 0 aliphatic carbocycles. The van der Waals surface area contributed by atoms with E-state index in [2.05, 4.69) is 45.9 Å². The Bertz CT molecular complexity index is 721. The monoisotopic (exact) mass is 398 g/mol. The van der Waals surface area contributed by atoms with Crippen molar-refractivity contribution in [2.45, 2.75) is 32.4 Å². The van der Waals surface area contributed by atoms with E-state index in [0.717, 1.165) is 17.1 Å². The van der Waals surface area contributed by atoms with Crippen molar-refractivity contribution in [3.8, 4) is 0 Å². The average Bonchev–Trinajstić information content (AvgIpc) is 2.87. The van der Waals surface area contributed by atoms with Crippen LogP contribution in [0.15, 0.2) is 33.9 Å². The number of aromatic nitrogens is 3. The van der Waals surface area contributed by atoms with Gasteiger partial charge in [0.2, 0.25) is 5.95 Å². The third-order valence-electron chi connectivity index (χ3n) is 3.34. The summed E-state index contributed by atoms with van der Waals surface area (Å²) in [6, 6.07) is 2.87. The fourth-order valence-corrected chi connectivity index (χ4v) is 3.25. The molecule has 0 atom stereocenters. The molecule has 0 unspecified atom stereocenters. The van der Waals surface area contributed by atoms with E-state index in [1.54, 1.807) is 25.5 Å². The van der Waals surface area contributed by atoms with Gasteiger partial charge in [0.25, 0.3) is 5.56 Å². The normalized spacial score (nSPS) is 11.7. The number of imidazole rings is 1. The molecule has 0 saturated heterocycles. The SMILES string of the molecule is Cn1cc(Br)cc(Nc2nccn2COCC[Si](C)(C)C)c1=O. The highest BCUT2D eigenvalue weighted by molar-refractivity contribution is 9.10. The van der Waals surface area contributed by atoms with Crippen LogP contribution in [-0.2, 0) is 18.5 Å². The summed E-state index contributed by atoms with van der Waals surface area (Å²) >= 11 is 3.39. The Morgan fingerprint density at radius 3 is 2.83 bits per heavy atom. The second-order valence-electron chi connectivity index (χ2n) is 6.68. The van der Waals surface area contributed by atoms with Crippen LogP contribution in [0.5, 0.6) is 0 Å². The van der Waals surface area contributed by atoms with Crippen molar-refractivity contribution in [2.75, 3.05) is 11.9 Å². The molecule has 6 nitrogen and oxygen atoms in total. The first-order chi connectivity index (χ1) is 10.8. The predicted octanol–water partition coefficient (Wildman–Crippen LogP) is 3.40. The lowest BCUT2D eigenvalue weighted by atomic mass is 10.4. The first kappa shape index (κ1) is 18.0. The summed E-state index contributed by atoms with van der Waals surface area (Å²) in [5, 5.41) is 3.08. The Kier molecular flexibility index (Phi) is 5.82. The van der Waals surface area contributed by atoms with Gasteiger partial charge < -0.3 is 14.6 Å². The first-order valence-electron chi connectivity index (χ1n) is 7.48. The van der Waals surface area contributed by atoms with Crippen LogP contribution in [0, 0.1) is 0 Å². The molecule has 0 radical (unpaired) electrons. The fourth-order valence-electron chi connectivity index (χ4n) is 1.96. The van der Waals surface area contributed by atoms with Gasteiger partial charge in [0.05, 0.1) is 0 Å². The summed E-state index contributed by atoms with van der Waals surface area (Å²) in [6.45, 7) is 8.13. The van der Waals surface area contributed by atoms with Gasteiger partial charge in [0, 0.05) is 44.8 Å². The summed E-state index contributed by atoms with van der Waals surface area (Å²) in [6.07, 6.45) is 5.24. The van der Waals surface area contributed by atoms with Crippen molar-refractivity contribution < 1.29 is 4.74 Å². The van der Waals surface area contributed by atoms with Gasteiger partial charge in [-0.3, -0.25) is 9.36 Å². The number of aryl methyl sites for hydroxylation is 1. The van der Waals surface area contributed by atoms with Crippen LogP contribution in [0.4, 0.5) is 11.6 Å². The van der Waals surface area contributed by atoms with E-state index < -0.39 is 8.07 Å². The number of nitrogens with one attached hydrogen (secondary N) is 1. The zero-order chi connectivity index (χ0) is 17.0. The number of hydrogen-bond donors (Lipinski definition) is 1. The molecule has 0 fully saturated rings. The maximum atomic E-state index is 12.1. The van der Waals surface area contributed by atoms with Crippen molar-refractivity contribution >= 4 is 35.6 Å². The van der Waals surface area contributed by atoms with Crippen LogP contribution in [0.25, 0.3) is 0 Å². The molecule has 23 heavy (non-hydrogen) atoms. The van der Waals surface area contributed by atoms with E-state index in [9.17, 15) is 4.79 Å². The van der Waals surface area contributed by atoms with Gasteiger partial charge in [-0.25, -0.2) is 4.98 Å². The highest BCUT2D eigenvalue weighted by Gasteiger charge is 2.12. The number of hydrogen-bond acceptors (Lipinski definition) is 4. The number of pyridine rings is 1. The van der Waals surface area contributed by atoms with Crippen LogP contribution in [0.2, 0.25) is 25.7 Å². The van der Waals surface area contributed by atoms with Crippen molar-refractivity contribution in [3.05, 3.63) is 39.5 Å². The van der Waals surface area contributed by atoms with E-state index in [1.807, 2.05) is 10.8 Å². The molecule has 0 bridgehead atoms. The minimum absolute atomic E-state index is 0.109. The van der Waals surface area contributed by atoms with Crippen LogP contribution in [0.1, 0.15) is 0 Å². The number of anilines is 2. The number of rotatable bonds is 7. The predicted molar refractivity (Wildman–Crippen MR) is 99.0 cm³/mol. The highest BCUT2D eigenvalue weighted by atomic mass is 79.9. The summed E-state index contributed by atoms with van der Waals surface area (Å²) in [7, 11) is 0.624. The molecule has 0 aliphatic heterocycles. The van der Waals surface area contributed by atoms with Gasteiger partial charge >= 0.3 is 0 Å². The van der Waals surface area contributed by atoms with Crippen molar-refractivity contribution in [1.29, 1.82) is 0 Å². The largest absolute Gasteiger partial charge is 0.361 e. The molecular weight excluding hydrogens is 376 g/mol. The van der Waals surface area contributed by atoms with E-state index >= 15 is 0 Å². The molecule has 0 aliphatic rings. The fraction of sp³-hybridized carbons (Fsp3) is 0.467. The maximum absolute atomic E-state index is 12.1. The van der Waals surface area contributed by atoms with Gasteiger partial charge in [-0.15, -0.1) is 0 Å². The maximum Gasteiger partial charge on any atom is 0.274 e. The average molecular weight is 399 g/mol. The smallest absolute Gasteiger partial charge is 0.274 e. The minimum Gasteiger partial charge on any atom is -0.361 e. The van der Waals surface area contributed by atoms with E-state index in [-0.39, 0.29) is 5.56 Å². The van der Waals surface area contributed by atoms with Crippen LogP contribution in [0.3, 0.4) is 0 Å².